The molecule has 0 aliphatic heterocycles. The molecular formula is C16H31N5. The molecule has 0 aliphatic carbocycles. The van der Waals surface area contributed by atoms with Gasteiger partial charge in [-0.05, 0) is 40.5 Å². The van der Waals surface area contributed by atoms with Crippen LogP contribution in [0.4, 0.5) is 0 Å². The fourth-order valence-corrected chi connectivity index (χ4v) is 2.39. The molecule has 1 aromatic rings. The van der Waals surface area contributed by atoms with Crippen LogP contribution >= 0.6 is 0 Å². The van der Waals surface area contributed by atoms with Crippen LogP contribution in [0.3, 0.4) is 0 Å². The Morgan fingerprint density at radius 3 is 2.33 bits per heavy atom. The highest BCUT2D eigenvalue weighted by Crippen LogP contribution is 2.16. The lowest BCUT2D eigenvalue weighted by molar-refractivity contribution is 0.501. The van der Waals surface area contributed by atoms with E-state index in [2.05, 4.69) is 57.3 Å². The molecule has 120 valence electrons. The van der Waals surface area contributed by atoms with Crippen LogP contribution in [-0.4, -0.2) is 27.8 Å². The predicted molar refractivity (Wildman–Crippen MR) is 89.7 cm³/mol. The monoisotopic (exact) mass is 293 g/mol. The Bertz CT molecular complexity index is 480. The highest BCUT2D eigenvalue weighted by molar-refractivity contribution is 5.80. The predicted octanol–water partition coefficient (Wildman–Crippen LogP) is 2.40. The number of rotatable bonds is 5. The van der Waals surface area contributed by atoms with Crippen LogP contribution in [0, 0.1) is 0 Å². The summed E-state index contributed by atoms with van der Waals surface area (Å²) in [5.74, 6) is 0.859. The van der Waals surface area contributed by atoms with Gasteiger partial charge in [-0.15, -0.1) is 0 Å². The summed E-state index contributed by atoms with van der Waals surface area (Å²) in [7, 11) is 2.02. The van der Waals surface area contributed by atoms with Gasteiger partial charge >= 0.3 is 0 Å². The molecule has 2 N–H and O–H groups in total. The third kappa shape index (κ3) is 5.06. The summed E-state index contributed by atoms with van der Waals surface area (Å²) in [6, 6.07) is 0. The molecular weight excluding hydrogens is 262 g/mol. The van der Waals surface area contributed by atoms with Crippen molar-refractivity contribution in [3.8, 4) is 0 Å². The van der Waals surface area contributed by atoms with E-state index in [0.717, 1.165) is 31.0 Å². The van der Waals surface area contributed by atoms with E-state index >= 15 is 0 Å². The van der Waals surface area contributed by atoms with Crippen molar-refractivity contribution < 1.29 is 0 Å². The van der Waals surface area contributed by atoms with Gasteiger partial charge in [0.05, 0.1) is 12.2 Å². The van der Waals surface area contributed by atoms with Crippen molar-refractivity contribution >= 4 is 5.96 Å². The van der Waals surface area contributed by atoms with Gasteiger partial charge in [-0.2, -0.15) is 5.10 Å². The van der Waals surface area contributed by atoms with E-state index in [1.165, 1.54) is 11.3 Å². The maximum Gasteiger partial charge on any atom is 0.191 e. The number of hydrogen-bond acceptors (Lipinski definition) is 2. The fourth-order valence-electron chi connectivity index (χ4n) is 2.39. The number of nitrogens with zero attached hydrogens (tertiary/aromatic N) is 3. The minimum Gasteiger partial charge on any atom is -0.357 e. The van der Waals surface area contributed by atoms with Gasteiger partial charge in [-0.1, -0.05) is 13.8 Å². The van der Waals surface area contributed by atoms with Crippen LogP contribution in [0.5, 0.6) is 0 Å². The van der Waals surface area contributed by atoms with Crippen molar-refractivity contribution in [3.63, 3.8) is 0 Å². The van der Waals surface area contributed by atoms with Crippen LogP contribution in [0.2, 0.25) is 0 Å². The van der Waals surface area contributed by atoms with E-state index in [1.54, 1.807) is 0 Å². The van der Waals surface area contributed by atoms with E-state index in [0.29, 0.717) is 6.54 Å². The number of nitrogens with one attached hydrogen (secondary N) is 2. The van der Waals surface area contributed by atoms with Crippen molar-refractivity contribution in [1.82, 2.24) is 20.4 Å². The van der Waals surface area contributed by atoms with Gasteiger partial charge in [-0.3, -0.25) is 4.68 Å². The molecule has 1 aromatic heterocycles. The summed E-state index contributed by atoms with van der Waals surface area (Å²) in [4.78, 5) is 4.74. The molecule has 0 bridgehead atoms. The smallest absolute Gasteiger partial charge is 0.191 e. The zero-order valence-electron chi connectivity index (χ0n) is 14.7. The SMILES string of the molecule is CCNC(=NCc1c(CC)nn(C)c1CC)NC(C)(C)C. The number of aromatic nitrogens is 2. The molecule has 0 saturated heterocycles. The highest BCUT2D eigenvalue weighted by atomic mass is 15.3. The third-order valence-corrected chi connectivity index (χ3v) is 3.26. The Morgan fingerprint density at radius 1 is 1.19 bits per heavy atom. The van der Waals surface area contributed by atoms with Gasteiger partial charge in [0.15, 0.2) is 5.96 Å². The third-order valence-electron chi connectivity index (χ3n) is 3.26. The Balaban J connectivity index is 2.99. The Morgan fingerprint density at radius 2 is 1.86 bits per heavy atom. The number of guanidine groups is 1. The van der Waals surface area contributed by atoms with Crippen molar-refractivity contribution in [2.45, 2.75) is 66.5 Å². The molecule has 5 nitrogen and oxygen atoms in total. The molecule has 0 fully saturated rings. The summed E-state index contributed by atoms with van der Waals surface area (Å²) in [6.45, 7) is 14.3. The Labute approximate surface area is 129 Å². The molecule has 0 aliphatic rings. The molecule has 0 saturated carbocycles. The maximum atomic E-state index is 4.74. The first-order chi connectivity index (χ1) is 9.82. The van der Waals surface area contributed by atoms with Gasteiger partial charge < -0.3 is 10.6 Å². The van der Waals surface area contributed by atoms with Gasteiger partial charge in [0.25, 0.3) is 0 Å². The lowest BCUT2D eigenvalue weighted by Crippen LogP contribution is -2.47. The summed E-state index contributed by atoms with van der Waals surface area (Å²) >= 11 is 0. The van der Waals surface area contributed by atoms with Gasteiger partial charge in [0, 0.05) is 30.4 Å². The molecule has 5 heteroatoms. The van der Waals surface area contributed by atoms with Crippen LogP contribution < -0.4 is 10.6 Å². The molecule has 0 atom stereocenters. The van der Waals surface area contributed by atoms with E-state index in [4.69, 9.17) is 4.99 Å². The largest absolute Gasteiger partial charge is 0.357 e. The second-order valence-corrected chi connectivity index (χ2v) is 6.27. The van der Waals surface area contributed by atoms with E-state index in [1.807, 2.05) is 11.7 Å². The Hall–Kier alpha value is -1.52. The van der Waals surface area contributed by atoms with Crippen molar-refractivity contribution in [2.24, 2.45) is 12.0 Å². The van der Waals surface area contributed by atoms with E-state index < -0.39 is 0 Å². The summed E-state index contributed by atoms with van der Waals surface area (Å²) < 4.78 is 1.99. The average Bonchev–Trinajstić information content (AvgIpc) is 2.69. The summed E-state index contributed by atoms with van der Waals surface area (Å²) in [5.41, 5.74) is 3.71. The zero-order chi connectivity index (χ0) is 16.0. The number of aliphatic imine (C=N–C) groups is 1. The second kappa shape index (κ2) is 7.48. The molecule has 21 heavy (non-hydrogen) atoms. The lowest BCUT2D eigenvalue weighted by Gasteiger charge is -2.23. The van der Waals surface area contributed by atoms with Crippen LogP contribution in [0.15, 0.2) is 4.99 Å². The maximum absolute atomic E-state index is 4.74. The molecule has 0 unspecified atom stereocenters. The minimum absolute atomic E-state index is 0.00286. The van der Waals surface area contributed by atoms with Crippen molar-refractivity contribution in [1.29, 1.82) is 0 Å². The summed E-state index contributed by atoms with van der Waals surface area (Å²) in [6.07, 6.45) is 1.93. The van der Waals surface area contributed by atoms with Crippen molar-refractivity contribution in [2.75, 3.05) is 6.54 Å². The highest BCUT2D eigenvalue weighted by Gasteiger charge is 2.15. The number of hydrogen-bond donors (Lipinski definition) is 2. The van der Waals surface area contributed by atoms with E-state index in [9.17, 15) is 0 Å². The molecule has 1 rings (SSSR count). The number of aryl methyl sites for hydroxylation is 2. The quantitative estimate of drug-likeness (QED) is 0.647. The van der Waals surface area contributed by atoms with Crippen LogP contribution in [0.1, 0.15) is 58.5 Å². The molecule has 0 amide bonds. The zero-order valence-corrected chi connectivity index (χ0v) is 14.7. The minimum atomic E-state index is -0.00286. The second-order valence-electron chi connectivity index (χ2n) is 6.27. The first-order valence-corrected chi connectivity index (χ1v) is 7.92. The van der Waals surface area contributed by atoms with Crippen LogP contribution in [-0.2, 0) is 26.4 Å². The average molecular weight is 293 g/mol. The Kier molecular flexibility index (Phi) is 6.24. The first kappa shape index (κ1) is 17.5. The standard InChI is InChI=1S/C16H31N5/c1-8-13-12(14(9-2)21(7)20-13)11-18-15(17-10-3)19-16(4,5)6/h8-11H2,1-7H3,(H2,17,18,19). The summed E-state index contributed by atoms with van der Waals surface area (Å²) in [5, 5.41) is 11.3. The van der Waals surface area contributed by atoms with Crippen molar-refractivity contribution in [3.05, 3.63) is 17.0 Å². The fraction of sp³-hybridized carbons (Fsp3) is 0.750. The van der Waals surface area contributed by atoms with Gasteiger partial charge in [0.1, 0.15) is 0 Å². The molecule has 0 radical (unpaired) electrons. The normalized spacial score (nSPS) is 12.6. The first-order valence-electron chi connectivity index (χ1n) is 7.92. The van der Waals surface area contributed by atoms with Gasteiger partial charge in [-0.25, -0.2) is 4.99 Å². The lowest BCUT2D eigenvalue weighted by atomic mass is 10.1. The van der Waals surface area contributed by atoms with Gasteiger partial charge in [0.2, 0.25) is 0 Å². The molecule has 0 spiro atoms. The van der Waals surface area contributed by atoms with Crippen LogP contribution in [0.25, 0.3) is 0 Å². The molecule has 0 aromatic carbocycles. The van der Waals surface area contributed by atoms with E-state index in [-0.39, 0.29) is 5.54 Å². The molecule has 1 heterocycles. The topological polar surface area (TPSA) is 54.2 Å².